The van der Waals surface area contributed by atoms with Crippen LogP contribution in [0.5, 0.6) is 5.75 Å². The highest BCUT2D eigenvalue weighted by molar-refractivity contribution is 6.31. The van der Waals surface area contributed by atoms with Crippen LogP contribution in [-0.4, -0.2) is 36.9 Å². The number of ether oxygens (including phenoxy) is 1. The van der Waals surface area contributed by atoms with Gasteiger partial charge in [-0.3, -0.25) is 9.59 Å². The summed E-state index contributed by atoms with van der Waals surface area (Å²) < 4.78 is 5.29. The molecule has 1 saturated heterocycles. The van der Waals surface area contributed by atoms with Gasteiger partial charge in [0.1, 0.15) is 5.75 Å². The molecule has 1 fully saturated rings. The summed E-state index contributed by atoms with van der Waals surface area (Å²) in [5.41, 5.74) is 5.93. The second-order valence-electron chi connectivity index (χ2n) is 5.95. The number of likely N-dealkylation sites (tertiary alicyclic amines) is 1. The Morgan fingerprint density at radius 1 is 1.43 bits per heavy atom. The Hall–Kier alpha value is -1.75. The van der Waals surface area contributed by atoms with E-state index < -0.39 is 0 Å². The van der Waals surface area contributed by atoms with Gasteiger partial charge in [0.15, 0.2) is 0 Å². The maximum absolute atomic E-state index is 12.6. The predicted octanol–water partition coefficient (Wildman–Crippen LogP) is 2.40. The molecule has 0 spiro atoms. The fourth-order valence-corrected chi connectivity index (χ4v) is 3.27. The Morgan fingerprint density at radius 2 is 2.22 bits per heavy atom. The van der Waals surface area contributed by atoms with Gasteiger partial charge in [-0.2, -0.15) is 0 Å². The van der Waals surface area contributed by atoms with E-state index in [0.29, 0.717) is 29.7 Å². The zero-order valence-corrected chi connectivity index (χ0v) is 14.1. The minimum atomic E-state index is -0.283. The summed E-state index contributed by atoms with van der Waals surface area (Å²) in [5.74, 6) is 0.732. The Bertz CT molecular complexity index is 577. The minimum absolute atomic E-state index is 0.0418. The van der Waals surface area contributed by atoms with Crippen LogP contribution < -0.4 is 10.5 Å². The lowest BCUT2D eigenvalue weighted by atomic mass is 9.93. The zero-order valence-electron chi connectivity index (χ0n) is 13.4. The van der Waals surface area contributed by atoms with E-state index in [2.05, 4.69) is 0 Å². The van der Waals surface area contributed by atoms with Crippen LogP contribution in [0, 0.1) is 5.92 Å². The van der Waals surface area contributed by atoms with E-state index in [-0.39, 0.29) is 18.2 Å². The van der Waals surface area contributed by atoms with Crippen molar-refractivity contribution in [2.75, 3.05) is 20.2 Å². The van der Waals surface area contributed by atoms with Crippen LogP contribution in [0.3, 0.4) is 0 Å². The molecule has 1 atom stereocenters. The number of hydrogen-bond donors (Lipinski definition) is 1. The molecule has 0 saturated carbocycles. The van der Waals surface area contributed by atoms with Gasteiger partial charge in [-0.25, -0.2) is 0 Å². The fraction of sp³-hybridized carbons (Fsp3) is 0.529. The minimum Gasteiger partial charge on any atom is -0.496 e. The molecule has 0 unspecified atom stereocenters. The standard InChI is InChI=1S/C17H23ClN2O3/c1-23-15-6-2-5-14(18)13(15)10-17(22)20-9-3-4-12(11-20)7-8-16(19)21/h2,5-6,12H,3-4,7-11H2,1H3,(H2,19,21)/t12-/m1/s1. The number of benzene rings is 1. The monoisotopic (exact) mass is 338 g/mol. The summed E-state index contributed by atoms with van der Waals surface area (Å²) in [7, 11) is 1.57. The van der Waals surface area contributed by atoms with E-state index >= 15 is 0 Å². The molecule has 0 bridgehead atoms. The average molecular weight is 339 g/mol. The number of carbonyl (C=O) groups is 2. The molecule has 1 aliphatic rings. The van der Waals surface area contributed by atoms with E-state index in [1.807, 2.05) is 4.90 Å². The van der Waals surface area contributed by atoms with Crippen LogP contribution in [-0.2, 0) is 16.0 Å². The highest BCUT2D eigenvalue weighted by Gasteiger charge is 2.25. The summed E-state index contributed by atoms with van der Waals surface area (Å²) >= 11 is 6.20. The molecule has 0 radical (unpaired) electrons. The maximum atomic E-state index is 12.6. The summed E-state index contributed by atoms with van der Waals surface area (Å²) in [4.78, 5) is 25.4. The van der Waals surface area contributed by atoms with Gasteiger partial charge in [0.25, 0.3) is 0 Å². The van der Waals surface area contributed by atoms with Gasteiger partial charge in [0, 0.05) is 30.1 Å². The number of piperidine rings is 1. The Kier molecular flexibility index (Phi) is 6.28. The Morgan fingerprint density at radius 3 is 2.91 bits per heavy atom. The van der Waals surface area contributed by atoms with Gasteiger partial charge in [-0.15, -0.1) is 0 Å². The largest absolute Gasteiger partial charge is 0.496 e. The molecule has 23 heavy (non-hydrogen) atoms. The van der Waals surface area contributed by atoms with Gasteiger partial charge in [-0.05, 0) is 37.3 Å². The summed E-state index contributed by atoms with van der Waals surface area (Å²) in [6.07, 6.45) is 3.34. The summed E-state index contributed by atoms with van der Waals surface area (Å²) in [6, 6.07) is 5.37. The molecule has 126 valence electrons. The molecular formula is C17H23ClN2O3. The van der Waals surface area contributed by atoms with Gasteiger partial charge in [0.05, 0.1) is 13.5 Å². The number of primary amides is 1. The molecule has 2 rings (SSSR count). The van der Waals surface area contributed by atoms with Crippen molar-refractivity contribution >= 4 is 23.4 Å². The van der Waals surface area contributed by atoms with Crippen molar-refractivity contribution < 1.29 is 14.3 Å². The third kappa shape index (κ3) is 4.86. The summed E-state index contributed by atoms with van der Waals surface area (Å²) in [5, 5.41) is 0.542. The molecule has 0 aliphatic carbocycles. The second-order valence-corrected chi connectivity index (χ2v) is 6.36. The molecule has 6 heteroatoms. The number of carbonyl (C=O) groups excluding carboxylic acids is 2. The number of methoxy groups -OCH3 is 1. The van der Waals surface area contributed by atoms with Crippen molar-refractivity contribution in [1.82, 2.24) is 4.90 Å². The van der Waals surface area contributed by atoms with E-state index in [1.165, 1.54) is 0 Å². The summed E-state index contributed by atoms with van der Waals surface area (Å²) in [6.45, 7) is 1.43. The van der Waals surface area contributed by atoms with Crippen LogP contribution in [0.1, 0.15) is 31.2 Å². The first-order valence-corrected chi connectivity index (χ1v) is 8.26. The SMILES string of the molecule is COc1cccc(Cl)c1CC(=O)N1CCC[C@H](CCC(N)=O)C1. The first kappa shape index (κ1) is 17.6. The zero-order chi connectivity index (χ0) is 16.8. The van der Waals surface area contributed by atoms with E-state index in [4.69, 9.17) is 22.1 Å². The smallest absolute Gasteiger partial charge is 0.227 e. The molecule has 2 amide bonds. The van der Waals surface area contributed by atoms with Gasteiger partial charge in [0.2, 0.25) is 11.8 Å². The fourth-order valence-electron chi connectivity index (χ4n) is 3.04. The van der Waals surface area contributed by atoms with Crippen molar-refractivity contribution in [1.29, 1.82) is 0 Å². The first-order chi connectivity index (χ1) is 11.0. The van der Waals surface area contributed by atoms with Gasteiger partial charge < -0.3 is 15.4 Å². The lowest BCUT2D eigenvalue weighted by molar-refractivity contribution is -0.132. The quantitative estimate of drug-likeness (QED) is 0.865. The molecule has 1 aromatic carbocycles. The molecule has 1 aromatic rings. The Balaban J connectivity index is 1.99. The van der Waals surface area contributed by atoms with Crippen molar-refractivity contribution in [3.8, 4) is 5.75 Å². The van der Waals surface area contributed by atoms with Crippen molar-refractivity contribution in [2.24, 2.45) is 11.7 Å². The number of nitrogens with two attached hydrogens (primary N) is 1. The van der Waals surface area contributed by atoms with Crippen LogP contribution in [0.15, 0.2) is 18.2 Å². The Labute approximate surface area is 141 Å². The van der Waals surface area contributed by atoms with Gasteiger partial charge >= 0.3 is 0 Å². The number of halogens is 1. The van der Waals surface area contributed by atoms with Crippen LogP contribution in [0.2, 0.25) is 5.02 Å². The number of nitrogens with zero attached hydrogens (tertiary/aromatic N) is 1. The average Bonchev–Trinajstić information content (AvgIpc) is 2.55. The molecule has 5 nitrogen and oxygen atoms in total. The lowest BCUT2D eigenvalue weighted by Crippen LogP contribution is -2.41. The number of hydrogen-bond acceptors (Lipinski definition) is 3. The van der Waals surface area contributed by atoms with E-state index in [0.717, 1.165) is 31.4 Å². The normalized spacial score (nSPS) is 17.8. The van der Waals surface area contributed by atoms with Crippen LogP contribution >= 0.6 is 11.6 Å². The topological polar surface area (TPSA) is 72.6 Å². The van der Waals surface area contributed by atoms with Crippen molar-refractivity contribution in [3.05, 3.63) is 28.8 Å². The molecular weight excluding hydrogens is 316 g/mol. The lowest BCUT2D eigenvalue weighted by Gasteiger charge is -2.33. The van der Waals surface area contributed by atoms with Crippen LogP contribution in [0.25, 0.3) is 0 Å². The van der Waals surface area contributed by atoms with Crippen LogP contribution in [0.4, 0.5) is 0 Å². The number of rotatable bonds is 6. The molecule has 1 heterocycles. The number of amides is 2. The molecule has 1 aliphatic heterocycles. The molecule has 2 N–H and O–H groups in total. The van der Waals surface area contributed by atoms with Crippen molar-refractivity contribution in [2.45, 2.75) is 32.1 Å². The maximum Gasteiger partial charge on any atom is 0.227 e. The predicted molar refractivity (Wildman–Crippen MR) is 89.4 cm³/mol. The third-order valence-electron chi connectivity index (χ3n) is 4.29. The second kappa shape index (κ2) is 8.20. The third-order valence-corrected chi connectivity index (χ3v) is 4.65. The van der Waals surface area contributed by atoms with Gasteiger partial charge in [-0.1, -0.05) is 17.7 Å². The van der Waals surface area contributed by atoms with E-state index in [9.17, 15) is 9.59 Å². The highest BCUT2D eigenvalue weighted by atomic mass is 35.5. The van der Waals surface area contributed by atoms with Crippen molar-refractivity contribution in [3.63, 3.8) is 0 Å². The first-order valence-electron chi connectivity index (χ1n) is 7.88. The highest BCUT2D eigenvalue weighted by Crippen LogP contribution is 2.28. The molecule has 0 aromatic heterocycles. The van der Waals surface area contributed by atoms with E-state index in [1.54, 1.807) is 25.3 Å².